The lowest BCUT2D eigenvalue weighted by atomic mass is 9.97. The number of esters is 1. The molecule has 0 atom stereocenters. The van der Waals surface area contributed by atoms with Crippen LogP contribution >= 0.6 is 15.9 Å². The van der Waals surface area contributed by atoms with E-state index in [4.69, 9.17) is 4.74 Å². The Hall–Kier alpha value is -1.68. The van der Waals surface area contributed by atoms with Gasteiger partial charge in [0.15, 0.2) is 0 Å². The molecule has 0 saturated carbocycles. The lowest BCUT2D eigenvalue weighted by molar-refractivity contribution is 0.00655. The van der Waals surface area contributed by atoms with Crippen LogP contribution in [-0.4, -0.2) is 11.6 Å². The van der Waals surface area contributed by atoms with Gasteiger partial charge in [-0.1, -0.05) is 58.4 Å². The molecule has 2 rings (SSSR count). The van der Waals surface area contributed by atoms with Crippen LogP contribution < -0.4 is 0 Å². The summed E-state index contributed by atoms with van der Waals surface area (Å²) in [6.45, 7) is 5.29. The van der Waals surface area contributed by atoms with E-state index in [1.165, 1.54) is 0 Å². The van der Waals surface area contributed by atoms with Crippen LogP contribution in [-0.2, 0) is 10.1 Å². The van der Waals surface area contributed by atoms with Crippen LogP contribution in [0.2, 0.25) is 0 Å². The van der Waals surface area contributed by atoms with Crippen LogP contribution in [0.4, 0.5) is 4.39 Å². The standard InChI is InChI=1S/C18H18BrFO2/c1-18(2,3)22-17(21)15-14(12-7-5-4-6-8-12)10-9-13(11-19)16(15)20/h4-10H,11H2,1-3H3. The topological polar surface area (TPSA) is 26.3 Å². The number of hydrogen-bond acceptors (Lipinski definition) is 2. The largest absolute Gasteiger partial charge is 0.456 e. The number of carbonyl (C=O) groups excluding carboxylic acids is 1. The van der Waals surface area contributed by atoms with Gasteiger partial charge in [0.2, 0.25) is 0 Å². The average Bonchev–Trinajstić information content (AvgIpc) is 2.45. The van der Waals surface area contributed by atoms with Crippen molar-refractivity contribution in [1.29, 1.82) is 0 Å². The molecule has 0 saturated heterocycles. The molecule has 2 aromatic rings. The minimum Gasteiger partial charge on any atom is -0.456 e. The normalized spacial score (nSPS) is 11.3. The zero-order valence-corrected chi connectivity index (χ0v) is 14.4. The van der Waals surface area contributed by atoms with Gasteiger partial charge in [-0.15, -0.1) is 0 Å². The number of ether oxygens (including phenoxy) is 1. The summed E-state index contributed by atoms with van der Waals surface area (Å²) in [7, 11) is 0. The third-order valence-corrected chi connectivity index (χ3v) is 3.66. The van der Waals surface area contributed by atoms with Crippen molar-refractivity contribution in [3.8, 4) is 11.1 Å². The number of rotatable bonds is 3. The van der Waals surface area contributed by atoms with E-state index in [0.29, 0.717) is 16.5 Å². The summed E-state index contributed by atoms with van der Waals surface area (Å²) < 4.78 is 20.1. The van der Waals surface area contributed by atoms with Crippen molar-refractivity contribution < 1.29 is 13.9 Å². The molecule has 22 heavy (non-hydrogen) atoms. The molecule has 0 amide bonds. The fraction of sp³-hybridized carbons (Fsp3) is 0.278. The van der Waals surface area contributed by atoms with Crippen LogP contribution in [0.3, 0.4) is 0 Å². The van der Waals surface area contributed by atoms with E-state index in [0.717, 1.165) is 5.56 Å². The minimum atomic E-state index is -0.679. The van der Waals surface area contributed by atoms with Gasteiger partial charge in [0, 0.05) is 5.33 Å². The first-order valence-corrected chi connectivity index (χ1v) is 8.12. The van der Waals surface area contributed by atoms with Gasteiger partial charge in [-0.05, 0) is 37.5 Å². The molecule has 0 aromatic heterocycles. The van der Waals surface area contributed by atoms with Gasteiger partial charge in [-0.25, -0.2) is 9.18 Å². The van der Waals surface area contributed by atoms with Gasteiger partial charge >= 0.3 is 5.97 Å². The maximum Gasteiger partial charge on any atom is 0.342 e. The highest BCUT2D eigenvalue weighted by Gasteiger charge is 2.25. The van der Waals surface area contributed by atoms with E-state index in [1.54, 1.807) is 32.9 Å². The monoisotopic (exact) mass is 364 g/mol. The summed E-state index contributed by atoms with van der Waals surface area (Å²) in [5, 5.41) is 0.337. The Bertz CT molecular complexity index is 675. The predicted octanol–water partition coefficient (Wildman–Crippen LogP) is 5.34. The molecular weight excluding hydrogens is 347 g/mol. The third-order valence-electron chi connectivity index (χ3n) is 3.05. The smallest absolute Gasteiger partial charge is 0.342 e. The van der Waals surface area contributed by atoms with Crippen molar-refractivity contribution in [3.05, 3.63) is 59.4 Å². The van der Waals surface area contributed by atoms with Crippen LogP contribution in [0.1, 0.15) is 36.7 Å². The zero-order chi connectivity index (χ0) is 16.3. The molecule has 0 N–H and O–H groups in total. The van der Waals surface area contributed by atoms with E-state index in [1.807, 2.05) is 30.3 Å². The van der Waals surface area contributed by atoms with Crippen molar-refractivity contribution in [2.45, 2.75) is 31.7 Å². The number of carbonyl (C=O) groups is 1. The van der Waals surface area contributed by atoms with Crippen LogP contribution in [0, 0.1) is 5.82 Å². The van der Waals surface area contributed by atoms with Crippen molar-refractivity contribution in [2.24, 2.45) is 0 Å². The van der Waals surface area contributed by atoms with Gasteiger partial charge in [-0.3, -0.25) is 0 Å². The Morgan fingerprint density at radius 1 is 1.14 bits per heavy atom. The van der Waals surface area contributed by atoms with Gasteiger partial charge in [0.25, 0.3) is 0 Å². The van der Waals surface area contributed by atoms with Crippen LogP contribution in [0.15, 0.2) is 42.5 Å². The molecule has 2 aromatic carbocycles. The Kier molecular flexibility index (Phi) is 5.01. The van der Waals surface area contributed by atoms with Crippen molar-refractivity contribution in [2.75, 3.05) is 0 Å². The van der Waals surface area contributed by atoms with E-state index >= 15 is 0 Å². The van der Waals surface area contributed by atoms with Crippen LogP contribution in [0.25, 0.3) is 11.1 Å². The second-order valence-corrected chi connectivity index (χ2v) is 6.52. The first kappa shape index (κ1) is 16.7. The van der Waals surface area contributed by atoms with Crippen molar-refractivity contribution in [1.82, 2.24) is 0 Å². The Balaban J connectivity index is 2.60. The first-order valence-electron chi connectivity index (χ1n) is 6.99. The average molecular weight is 365 g/mol. The van der Waals surface area contributed by atoms with Gasteiger partial charge in [0.05, 0.1) is 0 Å². The summed E-state index contributed by atoms with van der Waals surface area (Å²) in [6, 6.07) is 12.7. The molecule has 0 aliphatic rings. The number of benzene rings is 2. The molecule has 0 aliphatic heterocycles. The summed E-state index contributed by atoms with van der Waals surface area (Å²) >= 11 is 3.24. The highest BCUT2D eigenvalue weighted by atomic mass is 79.9. The highest BCUT2D eigenvalue weighted by molar-refractivity contribution is 9.08. The summed E-state index contributed by atoms with van der Waals surface area (Å²) in [6.07, 6.45) is 0. The Morgan fingerprint density at radius 3 is 2.32 bits per heavy atom. The quantitative estimate of drug-likeness (QED) is 0.542. The molecule has 2 nitrogen and oxygen atoms in total. The summed E-state index contributed by atoms with van der Waals surface area (Å²) in [5.74, 6) is -1.18. The fourth-order valence-corrected chi connectivity index (χ4v) is 2.54. The molecule has 0 radical (unpaired) electrons. The minimum absolute atomic E-state index is 0.0157. The highest BCUT2D eigenvalue weighted by Crippen LogP contribution is 2.30. The molecule has 4 heteroatoms. The maximum absolute atomic E-state index is 14.7. The third kappa shape index (κ3) is 3.74. The predicted molar refractivity (Wildman–Crippen MR) is 89.6 cm³/mol. The molecule has 0 fully saturated rings. The van der Waals surface area contributed by atoms with Crippen molar-refractivity contribution in [3.63, 3.8) is 0 Å². The Labute approximate surface area is 138 Å². The molecule has 116 valence electrons. The Morgan fingerprint density at radius 2 is 1.77 bits per heavy atom. The van der Waals surface area contributed by atoms with Crippen molar-refractivity contribution >= 4 is 21.9 Å². The molecule has 0 heterocycles. The molecule has 0 unspecified atom stereocenters. The first-order chi connectivity index (χ1) is 10.3. The van der Waals surface area contributed by atoms with Gasteiger partial charge in [-0.2, -0.15) is 0 Å². The number of hydrogen-bond donors (Lipinski definition) is 0. The summed E-state index contributed by atoms with van der Waals surface area (Å²) in [5.41, 5.74) is 1.06. The van der Waals surface area contributed by atoms with E-state index in [2.05, 4.69) is 15.9 Å². The molecule has 0 aliphatic carbocycles. The maximum atomic E-state index is 14.7. The lowest BCUT2D eigenvalue weighted by Gasteiger charge is -2.21. The lowest BCUT2D eigenvalue weighted by Crippen LogP contribution is -2.25. The molecule has 0 spiro atoms. The number of alkyl halides is 1. The number of halogens is 2. The van der Waals surface area contributed by atoms with Crippen LogP contribution in [0.5, 0.6) is 0 Å². The fourth-order valence-electron chi connectivity index (χ4n) is 2.11. The van der Waals surface area contributed by atoms with E-state index in [9.17, 15) is 9.18 Å². The van der Waals surface area contributed by atoms with Gasteiger partial charge < -0.3 is 4.74 Å². The molecular formula is C18H18BrFO2. The SMILES string of the molecule is CC(C)(C)OC(=O)c1c(-c2ccccc2)ccc(CBr)c1F. The second-order valence-electron chi connectivity index (χ2n) is 5.96. The summed E-state index contributed by atoms with van der Waals surface area (Å²) in [4.78, 5) is 12.5. The zero-order valence-electron chi connectivity index (χ0n) is 12.8. The second kappa shape index (κ2) is 6.61. The van der Waals surface area contributed by atoms with E-state index in [-0.39, 0.29) is 5.56 Å². The van der Waals surface area contributed by atoms with E-state index < -0.39 is 17.4 Å². The molecule has 0 bridgehead atoms. The van der Waals surface area contributed by atoms with Gasteiger partial charge in [0.1, 0.15) is 17.0 Å².